The molecule has 0 unspecified atom stereocenters. The number of carbonyl (C=O) groups is 1. The van der Waals surface area contributed by atoms with Gasteiger partial charge in [-0.15, -0.1) is 0 Å². The van der Waals surface area contributed by atoms with Gasteiger partial charge in [0.05, 0.1) is 5.69 Å². The zero-order valence-corrected chi connectivity index (χ0v) is 10.0. The summed E-state index contributed by atoms with van der Waals surface area (Å²) in [7, 11) is 0. The molecule has 0 radical (unpaired) electrons. The lowest BCUT2D eigenvalue weighted by Gasteiger charge is -2.17. The smallest absolute Gasteiger partial charge is 0.227 e. The minimum Gasteiger partial charge on any atom is -0.323 e. The molecule has 0 fully saturated rings. The average molecular weight is 254 g/mol. The predicted octanol–water partition coefficient (Wildman–Crippen LogP) is 3.77. The highest BCUT2D eigenvalue weighted by molar-refractivity contribution is 6.30. The minimum absolute atomic E-state index is 0.0601. The Kier molecular flexibility index (Phi) is 3.79. The molecule has 0 aliphatic heterocycles. The molecule has 1 aliphatic rings. The molecule has 0 spiro atoms. The first-order valence-corrected chi connectivity index (χ1v) is 5.95. The molecule has 0 aromatic heterocycles. The fourth-order valence-corrected chi connectivity index (χ4v) is 2.02. The van der Waals surface area contributed by atoms with E-state index in [1.807, 2.05) is 6.08 Å². The maximum Gasteiger partial charge on any atom is 0.227 e. The normalized spacial score (nSPS) is 19.1. The lowest BCUT2D eigenvalue weighted by molar-refractivity contribution is -0.120. The van der Waals surface area contributed by atoms with Crippen molar-refractivity contribution in [2.75, 3.05) is 5.32 Å². The summed E-state index contributed by atoms with van der Waals surface area (Å²) < 4.78 is 13.5. The Morgan fingerprint density at radius 2 is 2.24 bits per heavy atom. The number of halogens is 2. The number of carbonyl (C=O) groups excluding carboxylic acids is 1. The standard InChI is InChI=1S/C13H13ClFNO/c14-10-6-7-12(11(15)8-10)16-13(17)9-4-2-1-3-5-9/h1-2,6-9H,3-5H2,(H,16,17)/t9-/m1/s1. The van der Waals surface area contributed by atoms with Crippen LogP contribution in [0.3, 0.4) is 0 Å². The van der Waals surface area contributed by atoms with Gasteiger partial charge in [-0.1, -0.05) is 23.8 Å². The first-order chi connectivity index (χ1) is 8.16. The van der Waals surface area contributed by atoms with Gasteiger partial charge >= 0.3 is 0 Å². The molecule has 1 aromatic rings. The van der Waals surface area contributed by atoms with Crippen molar-refractivity contribution in [3.05, 3.63) is 41.2 Å². The number of anilines is 1. The summed E-state index contributed by atoms with van der Waals surface area (Å²) in [4.78, 5) is 11.9. The SMILES string of the molecule is O=C(Nc1ccc(Cl)cc1F)[C@@H]1CC=CCC1. The van der Waals surface area contributed by atoms with Crippen LogP contribution in [0.1, 0.15) is 19.3 Å². The zero-order chi connectivity index (χ0) is 12.3. The van der Waals surface area contributed by atoms with Crippen molar-refractivity contribution in [3.8, 4) is 0 Å². The van der Waals surface area contributed by atoms with Crippen LogP contribution in [-0.2, 0) is 4.79 Å². The molecule has 0 saturated heterocycles. The lowest BCUT2D eigenvalue weighted by atomic mass is 9.93. The Labute approximate surface area is 104 Å². The van der Waals surface area contributed by atoms with Gasteiger partial charge in [0.2, 0.25) is 5.91 Å². The Morgan fingerprint density at radius 1 is 1.41 bits per heavy atom. The number of nitrogens with one attached hydrogen (secondary N) is 1. The molecule has 2 rings (SSSR count). The molecule has 1 atom stereocenters. The molecule has 1 amide bonds. The Bertz CT molecular complexity index is 459. The molecule has 4 heteroatoms. The van der Waals surface area contributed by atoms with Crippen LogP contribution < -0.4 is 5.32 Å². The Balaban J connectivity index is 2.05. The monoisotopic (exact) mass is 253 g/mol. The molecule has 2 nitrogen and oxygen atoms in total. The number of amides is 1. The highest BCUT2D eigenvalue weighted by atomic mass is 35.5. The summed E-state index contributed by atoms with van der Waals surface area (Å²) in [6.45, 7) is 0. The van der Waals surface area contributed by atoms with Crippen LogP contribution in [0.5, 0.6) is 0 Å². The molecule has 1 aromatic carbocycles. The molecule has 1 aliphatic carbocycles. The quantitative estimate of drug-likeness (QED) is 0.799. The third kappa shape index (κ3) is 3.07. The highest BCUT2D eigenvalue weighted by Crippen LogP contribution is 2.23. The largest absolute Gasteiger partial charge is 0.323 e. The highest BCUT2D eigenvalue weighted by Gasteiger charge is 2.19. The third-order valence-corrected chi connectivity index (χ3v) is 3.06. The van der Waals surface area contributed by atoms with Crippen molar-refractivity contribution in [1.82, 2.24) is 0 Å². The van der Waals surface area contributed by atoms with Crippen LogP contribution in [0, 0.1) is 11.7 Å². The van der Waals surface area contributed by atoms with Gasteiger partial charge < -0.3 is 5.32 Å². The average Bonchev–Trinajstić information content (AvgIpc) is 2.34. The molecular weight excluding hydrogens is 241 g/mol. The second-order valence-electron chi connectivity index (χ2n) is 4.09. The van der Waals surface area contributed by atoms with Crippen molar-refractivity contribution in [3.63, 3.8) is 0 Å². The predicted molar refractivity (Wildman–Crippen MR) is 66.5 cm³/mol. The van der Waals surface area contributed by atoms with Crippen molar-refractivity contribution in [2.24, 2.45) is 5.92 Å². The fraction of sp³-hybridized carbons (Fsp3) is 0.308. The van der Waals surface area contributed by atoms with E-state index in [4.69, 9.17) is 11.6 Å². The van der Waals surface area contributed by atoms with Gasteiger partial charge in [-0.2, -0.15) is 0 Å². The molecule has 0 bridgehead atoms. The Morgan fingerprint density at radius 3 is 2.88 bits per heavy atom. The van der Waals surface area contributed by atoms with E-state index >= 15 is 0 Å². The summed E-state index contributed by atoms with van der Waals surface area (Å²) in [5.41, 5.74) is 0.189. The van der Waals surface area contributed by atoms with Gasteiger partial charge in [0.15, 0.2) is 0 Å². The van der Waals surface area contributed by atoms with Gasteiger partial charge in [-0.3, -0.25) is 4.79 Å². The molecule has 17 heavy (non-hydrogen) atoms. The van der Waals surface area contributed by atoms with Crippen LogP contribution in [0.2, 0.25) is 5.02 Å². The third-order valence-electron chi connectivity index (χ3n) is 2.83. The number of benzene rings is 1. The number of rotatable bonds is 2. The first kappa shape index (κ1) is 12.1. The van der Waals surface area contributed by atoms with Crippen LogP contribution in [-0.4, -0.2) is 5.91 Å². The molecule has 0 heterocycles. The van der Waals surface area contributed by atoms with E-state index in [0.717, 1.165) is 19.3 Å². The van der Waals surface area contributed by atoms with E-state index in [0.29, 0.717) is 5.02 Å². The zero-order valence-electron chi connectivity index (χ0n) is 9.25. The first-order valence-electron chi connectivity index (χ1n) is 5.58. The summed E-state index contributed by atoms with van der Waals surface area (Å²) in [5, 5.41) is 2.92. The second kappa shape index (κ2) is 5.32. The van der Waals surface area contributed by atoms with Crippen LogP contribution in [0.4, 0.5) is 10.1 Å². The van der Waals surface area contributed by atoms with Crippen molar-refractivity contribution in [1.29, 1.82) is 0 Å². The number of hydrogen-bond acceptors (Lipinski definition) is 1. The number of hydrogen-bond donors (Lipinski definition) is 1. The minimum atomic E-state index is -0.503. The maximum atomic E-state index is 13.5. The van der Waals surface area contributed by atoms with Gasteiger partial charge in [0, 0.05) is 10.9 Å². The summed E-state index contributed by atoms with van der Waals surface area (Å²) in [6, 6.07) is 4.23. The summed E-state index contributed by atoms with van der Waals surface area (Å²) >= 11 is 5.64. The van der Waals surface area contributed by atoms with Crippen LogP contribution >= 0.6 is 11.6 Å². The molecule has 1 N–H and O–H groups in total. The van der Waals surface area contributed by atoms with E-state index in [1.165, 1.54) is 12.1 Å². The topological polar surface area (TPSA) is 29.1 Å². The van der Waals surface area contributed by atoms with Gasteiger partial charge in [0.1, 0.15) is 5.82 Å². The Hall–Kier alpha value is -1.35. The van der Waals surface area contributed by atoms with Crippen molar-refractivity contribution >= 4 is 23.2 Å². The fourth-order valence-electron chi connectivity index (χ4n) is 1.86. The van der Waals surface area contributed by atoms with E-state index in [9.17, 15) is 9.18 Å². The van der Waals surface area contributed by atoms with E-state index < -0.39 is 5.82 Å². The van der Waals surface area contributed by atoms with E-state index in [-0.39, 0.29) is 17.5 Å². The van der Waals surface area contributed by atoms with Crippen LogP contribution in [0.15, 0.2) is 30.4 Å². The molecular formula is C13H13ClFNO. The molecule has 0 saturated carbocycles. The van der Waals surface area contributed by atoms with Crippen molar-refractivity contribution < 1.29 is 9.18 Å². The van der Waals surface area contributed by atoms with Gasteiger partial charge in [-0.05, 0) is 37.5 Å². The maximum absolute atomic E-state index is 13.5. The van der Waals surface area contributed by atoms with E-state index in [1.54, 1.807) is 6.07 Å². The van der Waals surface area contributed by atoms with Gasteiger partial charge in [-0.25, -0.2) is 4.39 Å². The summed E-state index contributed by atoms with van der Waals surface area (Å²) in [6.07, 6.45) is 6.50. The van der Waals surface area contributed by atoms with E-state index in [2.05, 4.69) is 11.4 Å². The van der Waals surface area contributed by atoms with Crippen molar-refractivity contribution in [2.45, 2.75) is 19.3 Å². The second-order valence-corrected chi connectivity index (χ2v) is 4.53. The molecule has 90 valence electrons. The number of allylic oxidation sites excluding steroid dienone is 2. The summed E-state index contributed by atoms with van der Waals surface area (Å²) in [5.74, 6) is -0.692. The van der Waals surface area contributed by atoms with Gasteiger partial charge in [0.25, 0.3) is 0 Å². The van der Waals surface area contributed by atoms with Crippen LogP contribution in [0.25, 0.3) is 0 Å². The lowest BCUT2D eigenvalue weighted by Crippen LogP contribution is -2.23.